The number of thiophene rings is 2. The van der Waals surface area contributed by atoms with Gasteiger partial charge >= 0.3 is 0 Å². The fourth-order valence-electron chi connectivity index (χ4n) is 4.16. The van der Waals surface area contributed by atoms with Crippen LogP contribution in [0.2, 0.25) is 0 Å². The highest BCUT2D eigenvalue weighted by Crippen LogP contribution is 2.36. The van der Waals surface area contributed by atoms with Crippen molar-refractivity contribution < 1.29 is 14.3 Å². The number of nitrogens with zero attached hydrogens (tertiary/aromatic N) is 2. The summed E-state index contributed by atoms with van der Waals surface area (Å²) in [5, 5.41) is 4.17. The van der Waals surface area contributed by atoms with Crippen molar-refractivity contribution in [3.63, 3.8) is 0 Å². The Labute approximate surface area is 184 Å². The maximum Gasteiger partial charge on any atom is 0.241 e. The van der Waals surface area contributed by atoms with E-state index in [2.05, 4.69) is 33.9 Å². The summed E-state index contributed by atoms with van der Waals surface area (Å²) in [7, 11) is 0. The minimum absolute atomic E-state index is 0.114. The maximum absolute atomic E-state index is 13.5. The number of carbonyl (C=O) groups excluding carboxylic acids is 1. The second-order valence-corrected chi connectivity index (χ2v) is 9.54. The number of amides is 1. The largest absolute Gasteiger partial charge is 0.486 e. The third kappa shape index (κ3) is 4.10. The van der Waals surface area contributed by atoms with Crippen molar-refractivity contribution in [3.05, 3.63) is 63.0 Å². The molecule has 0 spiro atoms. The van der Waals surface area contributed by atoms with Crippen LogP contribution in [0, 0.1) is 0 Å². The van der Waals surface area contributed by atoms with Crippen LogP contribution >= 0.6 is 22.7 Å². The Morgan fingerprint density at radius 1 is 1.07 bits per heavy atom. The SMILES string of the molecule is O=C(CN1CCC[C@H]1c1cccs1)N(Cc1cccs1)c1ccc2c(c1)OCCO2. The lowest BCUT2D eigenvalue weighted by molar-refractivity contribution is -0.120. The molecule has 0 saturated carbocycles. The molecule has 1 amide bonds. The topological polar surface area (TPSA) is 42.0 Å². The average Bonchev–Trinajstić information content (AvgIpc) is 3.54. The van der Waals surface area contributed by atoms with Crippen molar-refractivity contribution >= 4 is 34.3 Å². The van der Waals surface area contributed by atoms with Gasteiger partial charge in [-0.2, -0.15) is 0 Å². The van der Waals surface area contributed by atoms with Crippen LogP contribution in [0.4, 0.5) is 5.69 Å². The van der Waals surface area contributed by atoms with Crippen LogP contribution in [0.15, 0.2) is 53.2 Å². The van der Waals surface area contributed by atoms with Crippen LogP contribution < -0.4 is 14.4 Å². The Balaban J connectivity index is 1.39. The summed E-state index contributed by atoms with van der Waals surface area (Å²) in [6.45, 7) is 3.03. The predicted octanol–water partition coefficient (Wildman–Crippen LogP) is 4.95. The predicted molar refractivity (Wildman–Crippen MR) is 121 cm³/mol. The first-order valence-electron chi connectivity index (χ1n) is 10.3. The van der Waals surface area contributed by atoms with Crippen molar-refractivity contribution in [2.75, 3.05) is 31.2 Å². The highest BCUT2D eigenvalue weighted by atomic mass is 32.1. The maximum atomic E-state index is 13.5. The van der Waals surface area contributed by atoms with E-state index in [4.69, 9.17) is 9.47 Å². The second-order valence-electron chi connectivity index (χ2n) is 7.53. The lowest BCUT2D eigenvalue weighted by Gasteiger charge is -2.29. The van der Waals surface area contributed by atoms with Gasteiger partial charge < -0.3 is 14.4 Å². The van der Waals surface area contributed by atoms with Gasteiger partial charge in [0.15, 0.2) is 11.5 Å². The van der Waals surface area contributed by atoms with Gasteiger partial charge in [0.25, 0.3) is 0 Å². The van der Waals surface area contributed by atoms with E-state index in [9.17, 15) is 4.79 Å². The van der Waals surface area contributed by atoms with Gasteiger partial charge in [0, 0.05) is 27.5 Å². The molecule has 1 fully saturated rings. The molecule has 0 aliphatic carbocycles. The summed E-state index contributed by atoms with van der Waals surface area (Å²) in [5.41, 5.74) is 0.851. The Morgan fingerprint density at radius 3 is 2.70 bits per heavy atom. The van der Waals surface area contributed by atoms with Crippen LogP contribution in [0.5, 0.6) is 11.5 Å². The van der Waals surface area contributed by atoms with Crippen molar-refractivity contribution in [2.45, 2.75) is 25.4 Å². The van der Waals surface area contributed by atoms with Gasteiger partial charge in [0.2, 0.25) is 5.91 Å². The molecule has 1 aromatic carbocycles. The number of fused-ring (bicyclic) bond motifs is 1. The van der Waals surface area contributed by atoms with Crippen molar-refractivity contribution in [1.82, 2.24) is 4.90 Å². The van der Waals surface area contributed by atoms with Crippen LogP contribution in [-0.2, 0) is 11.3 Å². The van der Waals surface area contributed by atoms with Gasteiger partial charge in [-0.1, -0.05) is 12.1 Å². The summed E-state index contributed by atoms with van der Waals surface area (Å²) < 4.78 is 11.4. The van der Waals surface area contributed by atoms with Gasteiger partial charge in [-0.05, 0) is 54.4 Å². The Hall–Kier alpha value is -2.35. The van der Waals surface area contributed by atoms with Crippen LogP contribution in [0.3, 0.4) is 0 Å². The number of hydrogen-bond acceptors (Lipinski definition) is 6. The normalized spacial score (nSPS) is 18.5. The van der Waals surface area contributed by atoms with E-state index in [-0.39, 0.29) is 5.91 Å². The zero-order valence-electron chi connectivity index (χ0n) is 16.7. The van der Waals surface area contributed by atoms with Gasteiger partial charge in [-0.15, -0.1) is 22.7 Å². The first kappa shape index (κ1) is 19.6. The van der Waals surface area contributed by atoms with E-state index in [0.717, 1.165) is 35.7 Å². The zero-order chi connectivity index (χ0) is 20.3. The quantitative estimate of drug-likeness (QED) is 0.544. The Kier molecular flexibility index (Phi) is 5.75. The molecular weight excluding hydrogens is 416 g/mol. The molecule has 1 atom stereocenters. The average molecular weight is 441 g/mol. The molecule has 0 N–H and O–H groups in total. The van der Waals surface area contributed by atoms with Crippen LogP contribution in [0.1, 0.15) is 28.6 Å². The molecule has 4 heterocycles. The lowest BCUT2D eigenvalue weighted by Crippen LogP contribution is -2.39. The number of anilines is 1. The van der Waals surface area contributed by atoms with E-state index in [1.54, 1.807) is 22.7 Å². The monoisotopic (exact) mass is 440 g/mol. The third-order valence-corrected chi connectivity index (χ3v) is 7.44. The summed E-state index contributed by atoms with van der Waals surface area (Å²) in [6, 6.07) is 14.5. The van der Waals surface area contributed by atoms with E-state index in [1.165, 1.54) is 4.88 Å². The number of likely N-dealkylation sites (tertiary alicyclic amines) is 1. The summed E-state index contributed by atoms with van der Waals surface area (Å²) in [5.74, 6) is 1.56. The molecule has 0 unspecified atom stereocenters. The lowest BCUT2D eigenvalue weighted by atomic mass is 10.2. The van der Waals surface area contributed by atoms with Gasteiger partial charge in [-0.25, -0.2) is 0 Å². The van der Waals surface area contributed by atoms with Crippen molar-refractivity contribution in [2.24, 2.45) is 0 Å². The number of ether oxygens (including phenoxy) is 2. The van der Waals surface area contributed by atoms with Crippen LogP contribution in [-0.4, -0.2) is 37.1 Å². The molecule has 3 aromatic rings. The molecule has 30 heavy (non-hydrogen) atoms. The number of hydrogen-bond donors (Lipinski definition) is 0. The van der Waals surface area contributed by atoms with E-state index in [1.807, 2.05) is 29.2 Å². The molecule has 1 saturated heterocycles. The molecule has 2 aliphatic heterocycles. The van der Waals surface area contributed by atoms with E-state index in [0.29, 0.717) is 38.1 Å². The van der Waals surface area contributed by atoms with Gasteiger partial charge in [-0.3, -0.25) is 9.69 Å². The second kappa shape index (κ2) is 8.79. The third-order valence-electron chi connectivity index (χ3n) is 5.61. The fraction of sp³-hybridized carbons (Fsp3) is 0.348. The first-order valence-corrected chi connectivity index (χ1v) is 12.0. The van der Waals surface area contributed by atoms with Gasteiger partial charge in [0.1, 0.15) is 13.2 Å². The standard InChI is InChI=1S/C23H24N2O3S2/c26-23(16-24-9-1-5-19(24)22-6-3-13-30-22)25(15-18-4-2-12-29-18)17-7-8-20-21(14-17)28-11-10-27-20/h2-4,6-8,12-14,19H,1,5,9-11,15-16H2/t19-/m0/s1. The molecule has 2 aromatic heterocycles. The van der Waals surface area contributed by atoms with Crippen LogP contribution in [0.25, 0.3) is 0 Å². The zero-order valence-corrected chi connectivity index (χ0v) is 18.3. The fourth-order valence-corrected chi connectivity index (χ4v) is 5.75. The highest BCUT2D eigenvalue weighted by Gasteiger charge is 2.30. The number of benzene rings is 1. The Bertz CT molecular complexity index is 988. The minimum atomic E-state index is 0.114. The molecular formula is C23H24N2O3S2. The summed E-state index contributed by atoms with van der Waals surface area (Å²) >= 11 is 3.45. The Morgan fingerprint density at radius 2 is 1.90 bits per heavy atom. The molecule has 0 radical (unpaired) electrons. The minimum Gasteiger partial charge on any atom is -0.486 e. The molecule has 5 nitrogen and oxygen atoms in total. The molecule has 2 aliphatic rings. The van der Waals surface area contributed by atoms with Crippen molar-refractivity contribution in [1.29, 1.82) is 0 Å². The molecule has 7 heteroatoms. The molecule has 5 rings (SSSR count). The molecule has 156 valence electrons. The highest BCUT2D eigenvalue weighted by molar-refractivity contribution is 7.10. The molecule has 0 bridgehead atoms. The van der Waals surface area contributed by atoms with Crippen molar-refractivity contribution in [3.8, 4) is 11.5 Å². The number of carbonyl (C=O) groups is 1. The summed E-state index contributed by atoms with van der Waals surface area (Å²) in [6.07, 6.45) is 2.24. The van der Waals surface area contributed by atoms with Gasteiger partial charge in [0.05, 0.1) is 13.1 Å². The smallest absolute Gasteiger partial charge is 0.241 e. The summed E-state index contributed by atoms with van der Waals surface area (Å²) in [4.78, 5) is 20.3. The number of rotatable bonds is 6. The van der Waals surface area contributed by atoms with E-state index >= 15 is 0 Å². The first-order chi connectivity index (χ1) is 14.8. The van der Waals surface area contributed by atoms with E-state index < -0.39 is 0 Å².